The molecule has 0 heterocycles. The van der Waals surface area contributed by atoms with Gasteiger partial charge in [0.05, 0.1) is 0 Å². The Hall–Kier alpha value is -2.45. The Balaban J connectivity index is 2.11. The molecule has 0 fully saturated rings. The zero-order chi connectivity index (χ0) is 15.4. The van der Waals surface area contributed by atoms with E-state index < -0.39 is 8.80 Å². The summed E-state index contributed by atoms with van der Waals surface area (Å²) in [4.78, 5) is 0. The monoisotopic (exact) mass is 303 g/mol. The summed E-state index contributed by atoms with van der Waals surface area (Å²) in [6, 6.07) is 27.4. The second-order valence-electron chi connectivity index (χ2n) is 5.07. The summed E-state index contributed by atoms with van der Waals surface area (Å²) in [5, 5.41) is 3.31. The molecule has 3 aromatic rings. The summed E-state index contributed by atoms with van der Waals surface area (Å²) in [6.07, 6.45) is 0. The van der Waals surface area contributed by atoms with Gasteiger partial charge in [0.25, 0.3) is 0 Å². The minimum atomic E-state index is -1.29. The number of halogens is 1. The minimum Gasteiger partial charge on any atom is -0.206 e. The minimum absolute atomic E-state index is 0.207. The lowest BCUT2D eigenvalue weighted by atomic mass is 10.2. The molecule has 0 amide bonds. The predicted octanol–water partition coefficient (Wildman–Crippen LogP) is 3.69. The van der Waals surface area contributed by atoms with Crippen molar-refractivity contribution in [3.63, 3.8) is 0 Å². The first kappa shape index (κ1) is 14.5. The highest BCUT2D eigenvalue weighted by Crippen LogP contribution is 2.19. The third-order valence-corrected chi connectivity index (χ3v) is 6.32. The molecule has 0 aliphatic carbocycles. The maximum Gasteiger partial charge on any atom is 0.154 e. The Morgan fingerprint density at radius 1 is 0.682 bits per heavy atom. The molecule has 0 spiro atoms. The van der Waals surface area contributed by atoms with Crippen LogP contribution in [-0.4, -0.2) is 8.80 Å². The average Bonchev–Trinajstić information content (AvgIpc) is 2.57. The van der Waals surface area contributed by atoms with Gasteiger partial charge >= 0.3 is 0 Å². The average molecular weight is 303 g/mol. The molecule has 2 heteroatoms. The highest BCUT2D eigenvalue weighted by atomic mass is 28.3. The summed E-state index contributed by atoms with van der Waals surface area (Å²) < 4.78 is 14.2. The van der Waals surface area contributed by atoms with E-state index >= 15 is 0 Å². The molecule has 0 saturated heterocycles. The molecule has 0 aliphatic heterocycles. The molecule has 22 heavy (non-hydrogen) atoms. The lowest BCUT2D eigenvalue weighted by molar-refractivity contribution is 0.624. The summed E-state index contributed by atoms with van der Waals surface area (Å²) >= 11 is 0. The second kappa shape index (κ2) is 6.54. The molecule has 0 saturated carbocycles. The van der Waals surface area contributed by atoms with Crippen molar-refractivity contribution in [3.05, 3.63) is 103 Å². The van der Waals surface area contributed by atoms with E-state index in [1.807, 2.05) is 48.5 Å². The van der Waals surface area contributed by atoms with Crippen molar-refractivity contribution in [3.8, 4) is 0 Å². The van der Waals surface area contributed by atoms with Crippen LogP contribution >= 0.6 is 0 Å². The van der Waals surface area contributed by atoms with E-state index in [1.165, 1.54) is 16.4 Å². The third-order valence-electron chi connectivity index (χ3n) is 3.63. The van der Waals surface area contributed by atoms with Crippen LogP contribution in [0.2, 0.25) is 0 Å². The van der Waals surface area contributed by atoms with Gasteiger partial charge in [-0.25, -0.2) is 4.39 Å². The van der Waals surface area contributed by atoms with Gasteiger partial charge in [-0.15, -0.1) is 0 Å². The molecule has 3 aromatic carbocycles. The lowest BCUT2D eigenvalue weighted by Gasteiger charge is -2.19. The van der Waals surface area contributed by atoms with Crippen LogP contribution in [0.25, 0.3) is 5.20 Å². The van der Waals surface area contributed by atoms with Gasteiger partial charge in [-0.2, -0.15) is 0 Å². The van der Waals surface area contributed by atoms with Crippen LogP contribution in [0.15, 0.2) is 91.5 Å². The lowest BCUT2D eigenvalue weighted by Crippen LogP contribution is -2.43. The largest absolute Gasteiger partial charge is 0.206 e. The smallest absolute Gasteiger partial charge is 0.154 e. The molecule has 0 N–H and O–H groups in total. The molecular formula is C20H16FSi. The Morgan fingerprint density at radius 2 is 1.14 bits per heavy atom. The van der Waals surface area contributed by atoms with E-state index in [2.05, 4.69) is 30.8 Å². The molecule has 0 aromatic heterocycles. The van der Waals surface area contributed by atoms with Crippen molar-refractivity contribution < 1.29 is 4.39 Å². The van der Waals surface area contributed by atoms with Crippen LogP contribution in [-0.2, 0) is 0 Å². The van der Waals surface area contributed by atoms with Gasteiger partial charge in [0.1, 0.15) is 5.82 Å². The van der Waals surface area contributed by atoms with Gasteiger partial charge < -0.3 is 0 Å². The molecule has 0 bridgehead atoms. The van der Waals surface area contributed by atoms with Crippen LogP contribution < -0.4 is 10.4 Å². The first-order chi connectivity index (χ1) is 10.8. The molecule has 0 unspecified atom stereocenters. The highest BCUT2D eigenvalue weighted by molar-refractivity contribution is 6.99. The first-order valence-corrected chi connectivity index (χ1v) is 8.69. The van der Waals surface area contributed by atoms with E-state index in [4.69, 9.17) is 0 Å². The van der Waals surface area contributed by atoms with Gasteiger partial charge in [-0.3, -0.25) is 0 Å². The van der Waals surface area contributed by atoms with E-state index in [0.29, 0.717) is 5.56 Å². The highest BCUT2D eigenvalue weighted by Gasteiger charge is 2.22. The summed E-state index contributed by atoms with van der Waals surface area (Å²) in [5.41, 5.74) is 0.615. The maximum atomic E-state index is 14.2. The zero-order valence-electron chi connectivity index (χ0n) is 12.2. The fourth-order valence-electron chi connectivity index (χ4n) is 2.57. The van der Waals surface area contributed by atoms with Crippen LogP contribution in [0, 0.1) is 5.82 Å². The zero-order valence-corrected chi connectivity index (χ0v) is 13.2. The Morgan fingerprint density at radius 3 is 1.64 bits per heavy atom. The maximum absolute atomic E-state index is 14.2. The molecule has 3 rings (SSSR count). The standard InChI is InChI=1S/C20H16FSi/c1-16(19-14-8-9-15-20(19)21)22(17-10-4-2-5-11-17)18-12-6-3-7-13-18/h2-15H,1H2. The van der Waals surface area contributed by atoms with E-state index in [0.717, 1.165) is 5.20 Å². The van der Waals surface area contributed by atoms with Crippen molar-refractivity contribution in [1.29, 1.82) is 0 Å². The van der Waals surface area contributed by atoms with Crippen LogP contribution in [0.3, 0.4) is 0 Å². The quantitative estimate of drug-likeness (QED) is 0.645. The molecule has 0 nitrogen and oxygen atoms in total. The van der Waals surface area contributed by atoms with Gasteiger partial charge in [-0.1, -0.05) is 95.8 Å². The topological polar surface area (TPSA) is 0 Å². The molecule has 0 atom stereocenters. The predicted molar refractivity (Wildman–Crippen MR) is 93.3 cm³/mol. The van der Waals surface area contributed by atoms with Crippen molar-refractivity contribution in [2.75, 3.05) is 0 Å². The molecule has 1 radical (unpaired) electrons. The van der Waals surface area contributed by atoms with Crippen molar-refractivity contribution in [2.45, 2.75) is 0 Å². The van der Waals surface area contributed by atoms with Gasteiger partial charge in [0, 0.05) is 5.56 Å². The van der Waals surface area contributed by atoms with Gasteiger partial charge in [0.15, 0.2) is 8.80 Å². The fraction of sp³-hybridized carbons (Fsp3) is 0. The summed E-state index contributed by atoms with van der Waals surface area (Å²) in [7, 11) is -1.29. The molecular weight excluding hydrogens is 287 g/mol. The van der Waals surface area contributed by atoms with Gasteiger partial charge in [-0.05, 0) is 11.3 Å². The van der Waals surface area contributed by atoms with Crippen LogP contribution in [0.4, 0.5) is 4.39 Å². The van der Waals surface area contributed by atoms with Crippen LogP contribution in [0.5, 0.6) is 0 Å². The second-order valence-corrected chi connectivity index (χ2v) is 7.57. The number of hydrogen-bond donors (Lipinski definition) is 0. The van der Waals surface area contributed by atoms with Gasteiger partial charge in [0.2, 0.25) is 0 Å². The fourth-order valence-corrected chi connectivity index (χ4v) is 5.12. The van der Waals surface area contributed by atoms with Crippen molar-refractivity contribution >= 4 is 24.4 Å². The number of benzene rings is 3. The first-order valence-electron chi connectivity index (χ1n) is 7.19. The molecule has 107 valence electrons. The van der Waals surface area contributed by atoms with E-state index in [9.17, 15) is 4.39 Å². The normalized spacial score (nSPS) is 10.6. The van der Waals surface area contributed by atoms with Crippen molar-refractivity contribution in [2.24, 2.45) is 0 Å². The van der Waals surface area contributed by atoms with Crippen molar-refractivity contribution in [1.82, 2.24) is 0 Å². The third kappa shape index (κ3) is 2.92. The Bertz CT molecular complexity index is 726. The summed E-state index contributed by atoms with van der Waals surface area (Å²) in [6.45, 7) is 4.24. The number of rotatable bonds is 4. The van der Waals surface area contributed by atoms with E-state index in [1.54, 1.807) is 6.07 Å². The Labute approximate surface area is 132 Å². The SMILES string of the molecule is C=C(c1ccccc1F)[Si](c1ccccc1)c1ccccc1. The Kier molecular flexibility index (Phi) is 4.31. The number of hydrogen-bond acceptors (Lipinski definition) is 0. The van der Waals surface area contributed by atoms with E-state index in [-0.39, 0.29) is 5.82 Å². The van der Waals surface area contributed by atoms with Crippen LogP contribution in [0.1, 0.15) is 5.56 Å². The summed E-state index contributed by atoms with van der Waals surface area (Å²) in [5.74, 6) is -0.207. The molecule has 0 aliphatic rings.